The standard InChI is InChI=1S/C21H15BrClN3O4S.C15H13N3O4.C6H4BrClS/c1-4-11-15-16(17-19(24-11)25(2)21(30)26(3)20(17)29)12(27)8-14(18(15)28)31-13-6-5-9(23)7-10(13)22;1-4-7-10-8(19)5-6-9(20)11(10)12-13(16-7)17(2)15(22)18(3)14(12)21;7-5-3-4(8)1-2-6(5)9/h5-8H,4H2,1-3H3;5-6H,4H2,1-3H3;1-3,9H. The van der Waals surface area contributed by atoms with Crippen molar-refractivity contribution in [1.29, 1.82) is 0 Å². The number of rotatable bonds is 4. The van der Waals surface area contributed by atoms with Crippen LogP contribution in [0.5, 0.6) is 0 Å². The van der Waals surface area contributed by atoms with Crippen LogP contribution < -0.4 is 22.5 Å². The molecule has 20 heteroatoms. The van der Waals surface area contributed by atoms with Crippen molar-refractivity contribution < 1.29 is 19.2 Å². The number of aromatic nitrogens is 6. The van der Waals surface area contributed by atoms with Gasteiger partial charge < -0.3 is 0 Å². The lowest BCUT2D eigenvalue weighted by Crippen LogP contribution is -2.39. The predicted molar refractivity (Wildman–Crippen MR) is 249 cm³/mol. The number of hydrogen-bond donors (Lipinski definition) is 1. The highest BCUT2D eigenvalue weighted by atomic mass is 79.9. The Kier molecular flexibility index (Phi) is 13.8. The third kappa shape index (κ3) is 8.43. The first-order valence-corrected chi connectivity index (χ1v) is 21.9. The average Bonchev–Trinajstić information content (AvgIpc) is 3.25. The molecule has 2 aliphatic carbocycles. The number of hydrogen-bond acceptors (Lipinski definition) is 12. The molecule has 2 aliphatic rings. The minimum Gasteiger partial charge on any atom is -0.289 e. The first-order valence-electron chi connectivity index (χ1n) is 18.3. The van der Waals surface area contributed by atoms with Gasteiger partial charge in [0.25, 0.3) is 11.1 Å². The lowest BCUT2D eigenvalue weighted by atomic mass is 9.90. The summed E-state index contributed by atoms with van der Waals surface area (Å²) in [5, 5.41) is 1.24. The van der Waals surface area contributed by atoms with Gasteiger partial charge in [0, 0.05) is 63.0 Å². The summed E-state index contributed by atoms with van der Waals surface area (Å²) in [6.07, 6.45) is 4.33. The SMILES string of the molecule is CCc1nc2c(c3c1C(=O)C(Sc1ccc(Cl)cc1Br)=CC3=O)c(=O)n(C)c(=O)n2C.CCc1nc2c(c3c1C(=O)C=CC3=O)c(=O)n(C)c(=O)n2C.Sc1ccc(Cl)cc1Br. The summed E-state index contributed by atoms with van der Waals surface area (Å²) in [5.41, 5.74) is -1.04. The predicted octanol–water partition coefficient (Wildman–Crippen LogP) is 7.19. The van der Waals surface area contributed by atoms with Crippen LogP contribution in [0.3, 0.4) is 0 Å². The number of pyridine rings is 2. The number of halogens is 4. The van der Waals surface area contributed by atoms with Gasteiger partial charge in [-0.05, 0) is 93.3 Å². The van der Waals surface area contributed by atoms with E-state index in [9.17, 15) is 38.4 Å². The van der Waals surface area contributed by atoms with Crippen molar-refractivity contribution in [3.05, 3.63) is 154 Å². The minimum atomic E-state index is -0.657. The summed E-state index contributed by atoms with van der Waals surface area (Å²) in [5.74, 6) is -1.63. The second kappa shape index (κ2) is 18.4. The Hall–Kier alpha value is -4.98. The number of carbonyl (C=O) groups is 4. The van der Waals surface area contributed by atoms with Gasteiger partial charge in [-0.3, -0.25) is 47.0 Å². The second-order valence-electron chi connectivity index (χ2n) is 13.7. The summed E-state index contributed by atoms with van der Waals surface area (Å²) in [6, 6.07) is 10.6. The van der Waals surface area contributed by atoms with E-state index in [4.69, 9.17) is 23.2 Å². The molecule has 4 heterocycles. The number of ketones is 4. The van der Waals surface area contributed by atoms with Crippen molar-refractivity contribution in [3.8, 4) is 0 Å². The Morgan fingerprint density at radius 1 is 0.613 bits per heavy atom. The van der Waals surface area contributed by atoms with Gasteiger partial charge in [0.05, 0.1) is 49.3 Å². The van der Waals surface area contributed by atoms with Crippen molar-refractivity contribution >= 4 is 125 Å². The molecule has 0 fully saturated rings. The van der Waals surface area contributed by atoms with Crippen LogP contribution in [0.2, 0.25) is 10.0 Å². The smallest absolute Gasteiger partial charge is 0.289 e. The lowest BCUT2D eigenvalue weighted by Gasteiger charge is -2.20. The zero-order chi connectivity index (χ0) is 45.6. The summed E-state index contributed by atoms with van der Waals surface area (Å²) in [6.45, 7) is 3.59. The summed E-state index contributed by atoms with van der Waals surface area (Å²) >= 11 is 23.6. The fourth-order valence-electron chi connectivity index (χ4n) is 6.72. The molecule has 0 amide bonds. The van der Waals surface area contributed by atoms with Gasteiger partial charge >= 0.3 is 11.4 Å². The van der Waals surface area contributed by atoms with E-state index in [0.717, 1.165) is 41.4 Å². The fourth-order valence-corrected chi connectivity index (χ4v) is 9.36. The molecule has 0 atom stereocenters. The molecular weight excluding hydrogens is 1010 g/mol. The summed E-state index contributed by atoms with van der Waals surface area (Å²) < 4.78 is 5.86. The largest absolute Gasteiger partial charge is 0.332 e. The topological polar surface area (TPSA) is 182 Å². The van der Waals surface area contributed by atoms with Crippen LogP contribution in [0, 0.1) is 0 Å². The van der Waals surface area contributed by atoms with Crippen molar-refractivity contribution in [2.45, 2.75) is 36.5 Å². The highest BCUT2D eigenvalue weighted by molar-refractivity contribution is 9.10. The summed E-state index contributed by atoms with van der Waals surface area (Å²) in [4.78, 5) is 111. The van der Waals surface area contributed by atoms with Gasteiger partial charge in [0.1, 0.15) is 11.3 Å². The minimum absolute atomic E-state index is 0.00238. The quantitative estimate of drug-likeness (QED) is 0.177. The molecule has 0 unspecified atom stereocenters. The van der Waals surface area contributed by atoms with Crippen LogP contribution >= 0.6 is 79.5 Å². The van der Waals surface area contributed by atoms with Gasteiger partial charge in [-0.15, -0.1) is 12.6 Å². The molecule has 0 saturated carbocycles. The van der Waals surface area contributed by atoms with E-state index in [0.29, 0.717) is 38.6 Å². The molecule has 2 aromatic carbocycles. The van der Waals surface area contributed by atoms with Crippen LogP contribution in [-0.2, 0) is 41.0 Å². The van der Waals surface area contributed by atoms with E-state index in [1.165, 1.54) is 49.5 Å². The van der Waals surface area contributed by atoms with E-state index >= 15 is 0 Å². The first-order chi connectivity index (χ1) is 29.2. The molecule has 0 saturated heterocycles. The number of Topliss-reactive ketones (excluding diaryl/α,β-unsaturated/α-hetero) is 1. The third-order valence-corrected chi connectivity index (χ3v) is 13.7. The van der Waals surface area contributed by atoms with Gasteiger partial charge in [-0.1, -0.05) is 48.8 Å². The van der Waals surface area contributed by atoms with Gasteiger partial charge in [-0.25, -0.2) is 19.6 Å². The van der Waals surface area contributed by atoms with Crippen molar-refractivity contribution in [2.75, 3.05) is 0 Å². The second-order valence-corrected chi connectivity index (χ2v) is 17.8. The van der Waals surface area contributed by atoms with E-state index in [1.807, 2.05) is 12.1 Å². The molecule has 14 nitrogen and oxygen atoms in total. The number of fused-ring (bicyclic) bond motifs is 6. The maximum atomic E-state index is 13.4. The Bertz CT molecular complexity index is 3320. The number of allylic oxidation sites excluding steroid dienone is 4. The molecule has 318 valence electrons. The molecule has 0 N–H and O–H groups in total. The van der Waals surface area contributed by atoms with Crippen molar-refractivity contribution in [3.63, 3.8) is 0 Å². The third-order valence-electron chi connectivity index (χ3n) is 9.86. The monoisotopic (exact) mass is 1040 g/mol. The normalized spacial score (nSPS) is 13.0. The highest BCUT2D eigenvalue weighted by Crippen LogP contribution is 2.39. The number of thiol groups is 1. The average molecular weight is 1040 g/mol. The summed E-state index contributed by atoms with van der Waals surface area (Å²) in [7, 11) is 5.62. The molecular formula is C42H32Br2Cl2N6O8S2. The zero-order valence-corrected chi connectivity index (χ0v) is 39.8. The van der Waals surface area contributed by atoms with Gasteiger partial charge in [0.2, 0.25) is 5.78 Å². The number of aryl methyl sites for hydroxylation is 4. The van der Waals surface area contributed by atoms with Crippen LogP contribution in [0.4, 0.5) is 0 Å². The molecule has 0 bridgehead atoms. The molecule has 0 spiro atoms. The molecule has 0 radical (unpaired) electrons. The Morgan fingerprint density at radius 3 is 1.53 bits per heavy atom. The van der Waals surface area contributed by atoms with Gasteiger partial charge in [-0.2, -0.15) is 0 Å². The van der Waals surface area contributed by atoms with E-state index in [2.05, 4.69) is 54.5 Å². The van der Waals surface area contributed by atoms with Crippen LogP contribution in [0.25, 0.3) is 22.1 Å². The Labute approximate surface area is 387 Å². The highest BCUT2D eigenvalue weighted by Gasteiger charge is 2.34. The van der Waals surface area contributed by atoms with Gasteiger partial charge in [0.15, 0.2) is 17.3 Å². The van der Waals surface area contributed by atoms with Crippen LogP contribution in [0.15, 0.2) is 97.4 Å². The van der Waals surface area contributed by atoms with Crippen molar-refractivity contribution in [2.24, 2.45) is 28.2 Å². The van der Waals surface area contributed by atoms with E-state index in [1.54, 1.807) is 38.1 Å². The molecule has 8 rings (SSSR count). The lowest BCUT2D eigenvalue weighted by molar-refractivity contribution is 0.0991. The number of benzene rings is 2. The molecule has 62 heavy (non-hydrogen) atoms. The van der Waals surface area contributed by atoms with E-state index < -0.39 is 34.1 Å². The van der Waals surface area contributed by atoms with Crippen molar-refractivity contribution in [1.82, 2.24) is 28.2 Å². The van der Waals surface area contributed by atoms with Crippen LogP contribution in [-0.4, -0.2) is 51.4 Å². The maximum Gasteiger partial charge on any atom is 0.332 e. The molecule has 4 aromatic heterocycles. The Balaban J connectivity index is 0.000000179. The fraction of sp³-hybridized carbons (Fsp3) is 0.190. The zero-order valence-electron chi connectivity index (χ0n) is 33.4. The number of thioether (sulfide) groups is 1. The van der Waals surface area contributed by atoms with Crippen LogP contribution in [0.1, 0.15) is 66.7 Å². The molecule has 6 aromatic rings. The maximum absolute atomic E-state index is 13.4. The van der Waals surface area contributed by atoms with E-state index in [-0.39, 0.29) is 60.8 Å². The first kappa shape index (κ1) is 46.5. The number of carbonyl (C=O) groups excluding carboxylic acids is 4. The number of nitrogens with zero attached hydrogens (tertiary/aromatic N) is 6. The Morgan fingerprint density at radius 2 is 1.06 bits per heavy atom. The molecule has 0 aliphatic heterocycles.